The number of hydrogen-bond donors (Lipinski definition) is 1. The first-order chi connectivity index (χ1) is 9.00. The van der Waals surface area contributed by atoms with Gasteiger partial charge in [0.2, 0.25) is 0 Å². The fourth-order valence-corrected chi connectivity index (χ4v) is 1.92. The van der Waals surface area contributed by atoms with E-state index in [1.54, 1.807) is 0 Å². The van der Waals surface area contributed by atoms with Crippen molar-refractivity contribution in [2.45, 2.75) is 12.7 Å². The molecule has 100 valence electrons. The summed E-state index contributed by atoms with van der Waals surface area (Å²) in [5.41, 5.74) is 1.15. The summed E-state index contributed by atoms with van der Waals surface area (Å²) in [6.07, 6.45) is -2.63. The lowest BCUT2D eigenvalue weighted by molar-refractivity contribution is -0.141. The molecule has 0 aliphatic rings. The number of anilines is 1. The van der Waals surface area contributed by atoms with Crippen LogP contribution in [-0.2, 0) is 12.7 Å². The molecule has 0 spiro atoms. The highest BCUT2D eigenvalue weighted by Crippen LogP contribution is 2.27. The quantitative estimate of drug-likeness (QED) is 0.878. The van der Waals surface area contributed by atoms with Crippen LogP contribution in [0.15, 0.2) is 23.8 Å². The molecule has 0 radical (unpaired) electrons. The van der Waals surface area contributed by atoms with Crippen LogP contribution >= 0.6 is 11.3 Å². The maximum Gasteiger partial charge on any atom is 0.433 e. The second-order valence-electron chi connectivity index (χ2n) is 3.59. The van der Waals surface area contributed by atoms with Crippen LogP contribution < -0.4 is 5.32 Å². The van der Waals surface area contributed by atoms with Gasteiger partial charge in [0, 0.05) is 12.7 Å². The topological polar surface area (TPSA) is 54.9 Å². The Hall–Kier alpha value is -1.96. The minimum Gasteiger partial charge on any atom is -0.365 e. The Balaban J connectivity index is 2.03. The number of nitrogens with zero attached hydrogens (tertiary/aromatic N) is 2. The molecule has 0 aliphatic carbocycles. The molecule has 0 aliphatic heterocycles. The second-order valence-corrected chi connectivity index (χ2v) is 4.47. The van der Waals surface area contributed by atoms with Crippen molar-refractivity contribution in [1.82, 2.24) is 9.97 Å². The summed E-state index contributed by atoms with van der Waals surface area (Å²) >= 11 is 1.18. The Bertz CT molecular complexity index is 565. The molecule has 0 unspecified atom stereocenters. The molecule has 0 fully saturated rings. The van der Waals surface area contributed by atoms with Crippen molar-refractivity contribution in [3.8, 4) is 0 Å². The van der Waals surface area contributed by atoms with Gasteiger partial charge in [0.1, 0.15) is 16.4 Å². The summed E-state index contributed by atoms with van der Waals surface area (Å²) in [6.45, 7) is 0.246. The normalized spacial score (nSPS) is 11.3. The number of carbonyl (C=O) groups is 1. The zero-order valence-electron chi connectivity index (χ0n) is 9.44. The molecule has 2 aromatic heterocycles. The van der Waals surface area contributed by atoms with Crippen LogP contribution in [0.5, 0.6) is 0 Å². The van der Waals surface area contributed by atoms with E-state index in [0.717, 1.165) is 12.3 Å². The predicted octanol–water partition coefficient (Wildman–Crippen LogP) is 2.98. The number of alkyl halides is 3. The Kier molecular flexibility index (Phi) is 3.79. The fourth-order valence-electron chi connectivity index (χ4n) is 1.35. The molecule has 0 saturated heterocycles. The number of aromatic nitrogens is 2. The molecule has 2 aromatic rings. The number of halogens is 3. The van der Waals surface area contributed by atoms with E-state index in [0.29, 0.717) is 22.5 Å². The molecule has 1 N–H and O–H groups in total. The number of nitrogens with one attached hydrogen (secondary N) is 1. The average molecular weight is 287 g/mol. The van der Waals surface area contributed by atoms with Crippen LogP contribution in [-0.4, -0.2) is 16.3 Å². The first-order valence-electron chi connectivity index (χ1n) is 5.15. The minimum atomic E-state index is -4.44. The second kappa shape index (κ2) is 5.35. The molecule has 0 saturated carbocycles. The third kappa shape index (κ3) is 3.28. The van der Waals surface area contributed by atoms with Crippen LogP contribution in [0.2, 0.25) is 0 Å². The molecule has 0 amide bonds. The number of pyridine rings is 1. The van der Waals surface area contributed by atoms with Gasteiger partial charge in [-0.05, 0) is 11.6 Å². The predicted molar refractivity (Wildman–Crippen MR) is 64.1 cm³/mol. The SMILES string of the molecule is O=Cc1scnc1NCc1ccc(C(F)(F)F)nc1. The molecule has 2 rings (SSSR count). The maximum absolute atomic E-state index is 12.3. The summed E-state index contributed by atoms with van der Waals surface area (Å²) in [5.74, 6) is 0.417. The third-order valence-corrected chi connectivity index (χ3v) is 3.03. The third-order valence-electron chi connectivity index (χ3n) is 2.28. The van der Waals surface area contributed by atoms with E-state index in [1.165, 1.54) is 22.9 Å². The van der Waals surface area contributed by atoms with Gasteiger partial charge in [0.25, 0.3) is 0 Å². The van der Waals surface area contributed by atoms with Gasteiger partial charge in [-0.2, -0.15) is 13.2 Å². The van der Waals surface area contributed by atoms with Crippen LogP contribution in [0.3, 0.4) is 0 Å². The summed E-state index contributed by atoms with van der Waals surface area (Å²) in [5, 5.41) is 2.87. The summed E-state index contributed by atoms with van der Waals surface area (Å²) < 4.78 is 36.9. The highest BCUT2D eigenvalue weighted by Gasteiger charge is 2.31. The molecule has 8 heteroatoms. The van der Waals surface area contributed by atoms with Gasteiger partial charge < -0.3 is 5.32 Å². The summed E-state index contributed by atoms with van der Waals surface area (Å²) in [6, 6.07) is 2.24. The first kappa shape index (κ1) is 13.5. The highest BCUT2D eigenvalue weighted by molar-refractivity contribution is 7.11. The molecular weight excluding hydrogens is 279 g/mol. The van der Waals surface area contributed by atoms with Gasteiger partial charge in [0.05, 0.1) is 5.51 Å². The van der Waals surface area contributed by atoms with Crippen molar-refractivity contribution in [2.75, 3.05) is 5.32 Å². The number of rotatable bonds is 4. The molecule has 19 heavy (non-hydrogen) atoms. The van der Waals surface area contributed by atoms with Crippen LogP contribution in [0, 0.1) is 0 Å². The van der Waals surface area contributed by atoms with E-state index in [4.69, 9.17) is 0 Å². The Morgan fingerprint density at radius 2 is 2.11 bits per heavy atom. The van der Waals surface area contributed by atoms with Gasteiger partial charge in [0.15, 0.2) is 6.29 Å². The zero-order chi connectivity index (χ0) is 13.9. The molecule has 0 atom stereocenters. The van der Waals surface area contributed by atoms with Crippen molar-refractivity contribution in [3.63, 3.8) is 0 Å². The van der Waals surface area contributed by atoms with Crippen LogP contribution in [0.25, 0.3) is 0 Å². The van der Waals surface area contributed by atoms with Gasteiger partial charge in [-0.25, -0.2) is 4.98 Å². The van der Waals surface area contributed by atoms with E-state index in [2.05, 4.69) is 15.3 Å². The van der Waals surface area contributed by atoms with E-state index >= 15 is 0 Å². The van der Waals surface area contributed by atoms with Gasteiger partial charge in [-0.15, -0.1) is 11.3 Å². The van der Waals surface area contributed by atoms with E-state index in [1.807, 2.05) is 0 Å². The van der Waals surface area contributed by atoms with Gasteiger partial charge in [-0.1, -0.05) is 6.07 Å². The molecule has 0 bridgehead atoms. The molecule has 4 nitrogen and oxygen atoms in total. The Morgan fingerprint density at radius 3 is 2.68 bits per heavy atom. The summed E-state index contributed by atoms with van der Waals surface area (Å²) in [4.78, 5) is 18.4. The van der Waals surface area contributed by atoms with Crippen molar-refractivity contribution in [1.29, 1.82) is 0 Å². The average Bonchev–Trinajstić information content (AvgIpc) is 2.83. The molecule has 0 aromatic carbocycles. The van der Waals surface area contributed by atoms with Crippen molar-refractivity contribution in [3.05, 3.63) is 40.0 Å². The smallest absolute Gasteiger partial charge is 0.365 e. The number of thiazole rings is 1. The largest absolute Gasteiger partial charge is 0.433 e. The van der Waals surface area contributed by atoms with Gasteiger partial charge in [-0.3, -0.25) is 9.78 Å². The fraction of sp³-hybridized carbons (Fsp3) is 0.182. The van der Waals surface area contributed by atoms with Crippen molar-refractivity contribution < 1.29 is 18.0 Å². The minimum absolute atomic E-state index is 0.246. The number of carbonyl (C=O) groups excluding carboxylic acids is 1. The first-order valence-corrected chi connectivity index (χ1v) is 6.03. The van der Waals surface area contributed by atoms with Crippen LogP contribution in [0.1, 0.15) is 20.9 Å². The number of aldehydes is 1. The highest BCUT2D eigenvalue weighted by atomic mass is 32.1. The van der Waals surface area contributed by atoms with Crippen molar-refractivity contribution in [2.24, 2.45) is 0 Å². The lowest BCUT2D eigenvalue weighted by Gasteiger charge is -2.07. The van der Waals surface area contributed by atoms with Crippen molar-refractivity contribution >= 4 is 23.4 Å². The number of hydrogen-bond acceptors (Lipinski definition) is 5. The van der Waals surface area contributed by atoms with E-state index < -0.39 is 11.9 Å². The lowest BCUT2D eigenvalue weighted by Crippen LogP contribution is -2.09. The monoisotopic (exact) mass is 287 g/mol. The Morgan fingerprint density at radius 1 is 1.32 bits per heavy atom. The van der Waals surface area contributed by atoms with E-state index in [-0.39, 0.29) is 6.54 Å². The Labute approximate surface area is 110 Å². The standard InChI is InChI=1S/C11H8F3N3OS/c12-11(13,14)9-2-1-7(3-15-9)4-16-10-8(5-18)19-6-17-10/h1-3,5-6,16H,4H2. The van der Waals surface area contributed by atoms with Gasteiger partial charge >= 0.3 is 6.18 Å². The lowest BCUT2D eigenvalue weighted by atomic mass is 10.2. The van der Waals surface area contributed by atoms with E-state index in [9.17, 15) is 18.0 Å². The molecular formula is C11H8F3N3OS. The molecule has 2 heterocycles. The maximum atomic E-state index is 12.3. The van der Waals surface area contributed by atoms with Crippen LogP contribution in [0.4, 0.5) is 19.0 Å². The zero-order valence-corrected chi connectivity index (χ0v) is 10.3. The summed E-state index contributed by atoms with van der Waals surface area (Å²) in [7, 11) is 0.